The molecule has 0 bridgehead atoms. The molecule has 0 radical (unpaired) electrons. The van der Waals surface area contributed by atoms with E-state index in [1.807, 2.05) is 0 Å². The van der Waals surface area contributed by atoms with Crippen LogP contribution in [-0.2, 0) is 4.79 Å². The number of para-hydroxylation sites is 1. The van der Waals surface area contributed by atoms with Gasteiger partial charge < -0.3 is 9.73 Å². The fourth-order valence-electron chi connectivity index (χ4n) is 2.71. The molecular weight excluding hydrogens is 336 g/mol. The van der Waals surface area contributed by atoms with Crippen LogP contribution in [0.25, 0.3) is 0 Å². The van der Waals surface area contributed by atoms with Crippen LogP contribution in [0, 0.1) is 11.6 Å². The van der Waals surface area contributed by atoms with Crippen LogP contribution < -0.4 is 5.32 Å². The van der Waals surface area contributed by atoms with Crippen LogP contribution in [0.5, 0.6) is 0 Å². The summed E-state index contributed by atoms with van der Waals surface area (Å²) in [6.07, 6.45) is 5.63. The minimum atomic E-state index is -0.814. The number of thioether (sulfide) groups is 1. The molecule has 0 atom stereocenters. The molecule has 8 heteroatoms. The maximum Gasteiger partial charge on any atom is 0.277 e. The van der Waals surface area contributed by atoms with Crippen LogP contribution in [0.1, 0.15) is 43.9 Å². The Morgan fingerprint density at radius 1 is 1.21 bits per heavy atom. The highest BCUT2D eigenvalue weighted by atomic mass is 32.2. The molecule has 3 rings (SSSR count). The lowest BCUT2D eigenvalue weighted by molar-refractivity contribution is -0.113. The van der Waals surface area contributed by atoms with E-state index in [9.17, 15) is 13.6 Å². The first kappa shape index (κ1) is 16.9. The number of halogens is 2. The van der Waals surface area contributed by atoms with Crippen LogP contribution in [-0.4, -0.2) is 21.9 Å². The minimum Gasteiger partial charge on any atom is -0.416 e. The van der Waals surface area contributed by atoms with Gasteiger partial charge >= 0.3 is 0 Å². The van der Waals surface area contributed by atoms with Crippen molar-refractivity contribution in [2.45, 2.75) is 43.2 Å². The molecule has 5 nitrogen and oxygen atoms in total. The molecule has 0 spiro atoms. The molecule has 1 heterocycles. The molecule has 2 aromatic rings. The van der Waals surface area contributed by atoms with Gasteiger partial charge in [-0.25, -0.2) is 8.78 Å². The van der Waals surface area contributed by atoms with E-state index in [4.69, 9.17) is 4.42 Å². The summed E-state index contributed by atoms with van der Waals surface area (Å²) in [5.41, 5.74) is -0.448. The van der Waals surface area contributed by atoms with E-state index in [-0.39, 0.29) is 5.75 Å². The zero-order chi connectivity index (χ0) is 16.9. The molecule has 1 aliphatic carbocycles. The number of aromatic nitrogens is 2. The molecule has 1 fully saturated rings. The van der Waals surface area contributed by atoms with Crippen molar-refractivity contribution < 1.29 is 18.0 Å². The molecule has 1 N–H and O–H groups in total. The van der Waals surface area contributed by atoms with Crippen LogP contribution in [0.4, 0.5) is 14.5 Å². The van der Waals surface area contributed by atoms with E-state index in [1.54, 1.807) is 0 Å². The topological polar surface area (TPSA) is 68.0 Å². The van der Waals surface area contributed by atoms with Crippen LogP contribution in [0.3, 0.4) is 0 Å². The Kier molecular flexibility index (Phi) is 5.44. The number of carbonyl (C=O) groups is 1. The van der Waals surface area contributed by atoms with Gasteiger partial charge in [0.05, 0.1) is 5.75 Å². The molecular formula is C16H17F2N3O2S. The van der Waals surface area contributed by atoms with Crippen LogP contribution in [0.15, 0.2) is 27.8 Å². The number of hydrogen-bond acceptors (Lipinski definition) is 5. The molecule has 24 heavy (non-hydrogen) atoms. The Bertz CT molecular complexity index is 697. The smallest absolute Gasteiger partial charge is 0.277 e. The summed E-state index contributed by atoms with van der Waals surface area (Å²) in [5.74, 6) is -1.34. The molecule has 1 aromatic heterocycles. The van der Waals surface area contributed by atoms with Crippen molar-refractivity contribution in [3.63, 3.8) is 0 Å². The molecule has 1 aromatic carbocycles. The van der Waals surface area contributed by atoms with Crippen molar-refractivity contribution in [3.8, 4) is 0 Å². The molecule has 0 saturated heterocycles. The van der Waals surface area contributed by atoms with Crippen molar-refractivity contribution in [1.29, 1.82) is 0 Å². The third-order valence-corrected chi connectivity index (χ3v) is 4.75. The highest BCUT2D eigenvalue weighted by Gasteiger charge is 2.21. The van der Waals surface area contributed by atoms with Gasteiger partial charge in [-0.1, -0.05) is 37.1 Å². The largest absolute Gasteiger partial charge is 0.416 e. The van der Waals surface area contributed by atoms with Gasteiger partial charge in [0.25, 0.3) is 5.22 Å². The second kappa shape index (κ2) is 7.74. The van der Waals surface area contributed by atoms with Gasteiger partial charge in [-0.3, -0.25) is 4.79 Å². The second-order valence-corrected chi connectivity index (χ2v) is 6.60. The Morgan fingerprint density at radius 2 is 1.92 bits per heavy atom. The number of hydrogen-bond donors (Lipinski definition) is 1. The number of anilines is 1. The minimum absolute atomic E-state index is 0.0694. The quantitative estimate of drug-likeness (QED) is 0.819. The normalized spacial score (nSPS) is 15.4. The van der Waals surface area contributed by atoms with Gasteiger partial charge in [0, 0.05) is 5.92 Å². The average molecular weight is 353 g/mol. The van der Waals surface area contributed by atoms with Gasteiger partial charge in [-0.05, 0) is 25.0 Å². The van der Waals surface area contributed by atoms with Crippen molar-refractivity contribution >= 4 is 23.4 Å². The van der Waals surface area contributed by atoms with E-state index in [2.05, 4.69) is 15.5 Å². The van der Waals surface area contributed by atoms with Crippen molar-refractivity contribution in [2.75, 3.05) is 11.1 Å². The lowest BCUT2D eigenvalue weighted by atomic mass is 9.89. The number of nitrogens with zero attached hydrogens (tertiary/aromatic N) is 2. The Labute approximate surface area is 142 Å². The number of carbonyl (C=O) groups excluding carboxylic acids is 1. The van der Waals surface area contributed by atoms with E-state index >= 15 is 0 Å². The zero-order valence-electron chi connectivity index (χ0n) is 12.9. The lowest BCUT2D eigenvalue weighted by Gasteiger charge is -2.17. The van der Waals surface area contributed by atoms with E-state index in [0.717, 1.165) is 49.6 Å². The summed E-state index contributed by atoms with van der Waals surface area (Å²) in [6, 6.07) is 3.40. The average Bonchev–Trinajstić information content (AvgIpc) is 3.06. The molecule has 1 aliphatic rings. The molecule has 1 amide bonds. The first-order valence-electron chi connectivity index (χ1n) is 7.83. The summed E-state index contributed by atoms with van der Waals surface area (Å²) >= 11 is 1.05. The van der Waals surface area contributed by atoms with Crippen LogP contribution in [0.2, 0.25) is 0 Å². The molecule has 128 valence electrons. The summed E-state index contributed by atoms with van der Waals surface area (Å²) in [4.78, 5) is 11.8. The van der Waals surface area contributed by atoms with E-state index in [0.29, 0.717) is 17.0 Å². The predicted octanol–water partition coefficient (Wildman–Crippen LogP) is 4.13. The predicted molar refractivity (Wildman–Crippen MR) is 85.8 cm³/mol. The summed E-state index contributed by atoms with van der Waals surface area (Å²) < 4.78 is 32.5. The van der Waals surface area contributed by atoms with Gasteiger partial charge in [0.2, 0.25) is 11.8 Å². The van der Waals surface area contributed by atoms with E-state index in [1.165, 1.54) is 12.5 Å². The van der Waals surface area contributed by atoms with Crippen molar-refractivity contribution in [2.24, 2.45) is 0 Å². The monoisotopic (exact) mass is 353 g/mol. The number of nitrogens with one attached hydrogen (secondary N) is 1. The number of amides is 1. The maximum atomic E-state index is 13.5. The van der Waals surface area contributed by atoms with E-state index < -0.39 is 23.2 Å². The summed E-state index contributed by atoms with van der Waals surface area (Å²) in [7, 11) is 0. The Balaban J connectivity index is 1.54. The second-order valence-electron chi connectivity index (χ2n) is 5.67. The van der Waals surface area contributed by atoms with Crippen molar-refractivity contribution in [1.82, 2.24) is 10.2 Å². The first-order valence-corrected chi connectivity index (χ1v) is 8.82. The highest BCUT2D eigenvalue weighted by molar-refractivity contribution is 7.99. The molecule has 0 unspecified atom stereocenters. The maximum absolute atomic E-state index is 13.5. The van der Waals surface area contributed by atoms with Gasteiger partial charge in [-0.2, -0.15) is 0 Å². The fraction of sp³-hybridized carbons (Fsp3) is 0.438. The first-order chi connectivity index (χ1) is 11.6. The van der Waals surface area contributed by atoms with Gasteiger partial charge in [0.1, 0.15) is 17.3 Å². The van der Waals surface area contributed by atoms with Gasteiger partial charge in [0.15, 0.2) is 0 Å². The van der Waals surface area contributed by atoms with Gasteiger partial charge in [-0.15, -0.1) is 10.2 Å². The highest BCUT2D eigenvalue weighted by Crippen LogP contribution is 2.32. The SMILES string of the molecule is O=C(CSc1nnc(C2CCCCC2)o1)Nc1c(F)cccc1F. The number of rotatable bonds is 5. The van der Waals surface area contributed by atoms with Crippen molar-refractivity contribution in [3.05, 3.63) is 35.7 Å². The molecule has 1 saturated carbocycles. The Hall–Kier alpha value is -1.96. The lowest BCUT2D eigenvalue weighted by Crippen LogP contribution is -2.16. The molecule has 0 aliphatic heterocycles. The fourth-order valence-corrected chi connectivity index (χ4v) is 3.28. The zero-order valence-corrected chi connectivity index (χ0v) is 13.7. The number of benzene rings is 1. The summed E-state index contributed by atoms with van der Waals surface area (Å²) in [6.45, 7) is 0. The third kappa shape index (κ3) is 4.11. The Morgan fingerprint density at radius 3 is 2.62 bits per heavy atom. The third-order valence-electron chi connectivity index (χ3n) is 3.93. The van der Waals surface area contributed by atoms with Crippen LogP contribution >= 0.6 is 11.8 Å². The standard InChI is InChI=1S/C16H17F2N3O2S/c17-11-7-4-8-12(18)14(11)19-13(22)9-24-16-21-20-15(23-16)10-5-2-1-3-6-10/h4,7-8,10H,1-3,5-6,9H2,(H,19,22). The summed E-state index contributed by atoms with van der Waals surface area (Å²) in [5, 5.41) is 10.5.